The zero-order valence-electron chi connectivity index (χ0n) is 12.5. The first kappa shape index (κ1) is 14.9. The predicted octanol–water partition coefficient (Wildman–Crippen LogP) is 1.28. The molecular weight excluding hydrogens is 299 g/mol. The van der Waals surface area contributed by atoms with E-state index in [1.807, 2.05) is 0 Å². The lowest BCUT2D eigenvalue weighted by atomic mass is 10.2. The highest BCUT2D eigenvalue weighted by molar-refractivity contribution is 5.94. The molecule has 0 aliphatic rings. The van der Waals surface area contributed by atoms with Gasteiger partial charge < -0.3 is 10.6 Å². The zero-order valence-corrected chi connectivity index (χ0v) is 12.5. The highest BCUT2D eigenvalue weighted by Crippen LogP contribution is 2.08. The molecule has 0 saturated carbocycles. The van der Waals surface area contributed by atoms with Crippen LogP contribution >= 0.6 is 0 Å². The molecule has 118 valence electrons. The number of fused-ring (bicyclic) bond motifs is 1. The van der Waals surface area contributed by atoms with Gasteiger partial charge in [0.2, 0.25) is 0 Å². The predicted molar refractivity (Wildman–Crippen MR) is 82.8 cm³/mol. The van der Waals surface area contributed by atoms with E-state index in [0.717, 1.165) is 0 Å². The van der Waals surface area contributed by atoms with Crippen LogP contribution in [-0.2, 0) is 6.42 Å². The van der Waals surface area contributed by atoms with E-state index in [4.69, 9.17) is 0 Å². The summed E-state index contributed by atoms with van der Waals surface area (Å²) in [6.07, 6.45) is 0.432. The monoisotopic (exact) mass is 314 g/mol. The Labute approximate surface area is 131 Å². The number of carbonyl (C=O) groups excluding carboxylic acids is 1. The summed E-state index contributed by atoms with van der Waals surface area (Å²) in [7, 11) is 1.77. The van der Waals surface area contributed by atoms with Crippen molar-refractivity contribution in [3.63, 3.8) is 0 Å². The second-order valence-corrected chi connectivity index (χ2v) is 4.84. The van der Waals surface area contributed by atoms with E-state index >= 15 is 0 Å². The molecule has 8 heteroatoms. The minimum absolute atomic E-state index is 0.0224. The molecule has 0 atom stereocenters. The Kier molecular flexibility index (Phi) is 4.13. The molecule has 0 fully saturated rings. The van der Waals surface area contributed by atoms with Crippen molar-refractivity contribution >= 4 is 17.4 Å². The molecule has 23 heavy (non-hydrogen) atoms. The van der Waals surface area contributed by atoms with E-state index in [1.165, 1.54) is 12.1 Å². The Morgan fingerprint density at radius 3 is 2.83 bits per heavy atom. The number of hydrogen-bond acceptors (Lipinski definition) is 5. The lowest BCUT2D eigenvalue weighted by Crippen LogP contribution is -2.27. The lowest BCUT2D eigenvalue weighted by molar-refractivity contribution is 0.0950. The third-order valence-electron chi connectivity index (χ3n) is 3.34. The average Bonchev–Trinajstić information content (AvgIpc) is 2.97. The maximum Gasteiger partial charge on any atom is 0.254 e. The number of amides is 1. The number of halogens is 1. The normalized spacial score (nSPS) is 10.7. The van der Waals surface area contributed by atoms with Crippen LogP contribution in [0, 0.1) is 5.82 Å². The van der Waals surface area contributed by atoms with Gasteiger partial charge in [0.05, 0.1) is 5.56 Å². The van der Waals surface area contributed by atoms with Crippen LogP contribution < -0.4 is 10.6 Å². The highest BCUT2D eigenvalue weighted by Gasteiger charge is 2.11. The Bertz CT molecular complexity index is 847. The number of nitrogens with zero attached hydrogens (tertiary/aromatic N) is 4. The van der Waals surface area contributed by atoms with Crippen molar-refractivity contribution in [1.29, 1.82) is 0 Å². The minimum Gasteiger partial charge on any atom is -0.372 e. The third-order valence-corrected chi connectivity index (χ3v) is 3.34. The molecule has 7 nitrogen and oxygen atoms in total. The van der Waals surface area contributed by atoms with Crippen LogP contribution in [0.25, 0.3) is 5.65 Å². The summed E-state index contributed by atoms with van der Waals surface area (Å²) in [5.41, 5.74) is 0.647. The summed E-state index contributed by atoms with van der Waals surface area (Å²) in [6, 6.07) is 9.45. The second kappa shape index (κ2) is 6.39. The largest absolute Gasteiger partial charge is 0.372 e. The van der Waals surface area contributed by atoms with E-state index in [2.05, 4.69) is 25.9 Å². The molecule has 2 aromatic heterocycles. The van der Waals surface area contributed by atoms with Crippen molar-refractivity contribution in [3.8, 4) is 0 Å². The summed E-state index contributed by atoms with van der Waals surface area (Å²) in [5.74, 6) is 0.305. The van der Waals surface area contributed by atoms with Crippen molar-refractivity contribution in [2.24, 2.45) is 0 Å². The number of hydrogen-bond donors (Lipinski definition) is 2. The van der Waals surface area contributed by atoms with Crippen LogP contribution in [0.3, 0.4) is 0 Å². The molecule has 0 spiro atoms. The molecule has 3 rings (SSSR count). The van der Waals surface area contributed by atoms with Gasteiger partial charge in [-0.15, -0.1) is 15.3 Å². The summed E-state index contributed by atoms with van der Waals surface area (Å²) >= 11 is 0. The smallest absolute Gasteiger partial charge is 0.254 e. The topological polar surface area (TPSA) is 84.2 Å². The van der Waals surface area contributed by atoms with E-state index in [-0.39, 0.29) is 5.56 Å². The Morgan fingerprint density at radius 2 is 2.04 bits per heavy atom. The highest BCUT2D eigenvalue weighted by atomic mass is 19.1. The summed E-state index contributed by atoms with van der Waals surface area (Å²) in [5, 5.41) is 18.0. The summed E-state index contributed by atoms with van der Waals surface area (Å²) < 4.78 is 15.1. The number of anilines is 1. The lowest BCUT2D eigenvalue weighted by Gasteiger charge is -2.05. The number of carbonyl (C=O) groups is 1. The third kappa shape index (κ3) is 3.10. The maximum absolute atomic E-state index is 13.5. The fraction of sp³-hybridized carbons (Fsp3) is 0.200. The Morgan fingerprint density at radius 1 is 1.22 bits per heavy atom. The first-order chi connectivity index (χ1) is 11.2. The zero-order chi connectivity index (χ0) is 16.2. The second-order valence-electron chi connectivity index (χ2n) is 4.84. The molecule has 2 heterocycles. The van der Waals surface area contributed by atoms with E-state index in [1.54, 1.807) is 35.8 Å². The van der Waals surface area contributed by atoms with Gasteiger partial charge in [-0.3, -0.25) is 4.79 Å². The maximum atomic E-state index is 13.5. The molecule has 0 bridgehead atoms. The van der Waals surface area contributed by atoms with Crippen LogP contribution in [0.2, 0.25) is 0 Å². The molecule has 0 radical (unpaired) electrons. The van der Waals surface area contributed by atoms with Gasteiger partial charge in [0.15, 0.2) is 11.5 Å². The van der Waals surface area contributed by atoms with Gasteiger partial charge >= 0.3 is 0 Å². The summed E-state index contributed by atoms with van der Waals surface area (Å²) in [6.45, 7) is 0.305. The van der Waals surface area contributed by atoms with Crippen molar-refractivity contribution in [2.45, 2.75) is 6.42 Å². The molecule has 0 aliphatic carbocycles. The molecule has 0 saturated heterocycles. The van der Waals surface area contributed by atoms with Gasteiger partial charge in [-0.25, -0.2) is 4.39 Å². The minimum atomic E-state index is -0.543. The number of aromatic nitrogens is 4. The number of nitrogens with one attached hydrogen (secondary N) is 2. The molecular formula is C15H15FN6O. The standard InChI is InChI=1S/C15H15FN6O/c1-17-12-6-7-13-19-20-14(22(13)21-12)8-9-18-15(23)10-4-2-3-5-11(10)16/h2-7H,8-9H2,1H3,(H,17,21)(H,18,23). The molecule has 0 unspecified atom stereocenters. The van der Waals surface area contributed by atoms with E-state index < -0.39 is 11.7 Å². The fourth-order valence-corrected chi connectivity index (χ4v) is 2.15. The Hall–Kier alpha value is -3.03. The molecule has 1 aromatic carbocycles. The van der Waals surface area contributed by atoms with Gasteiger partial charge in [0.1, 0.15) is 11.6 Å². The SMILES string of the molecule is CNc1ccc2nnc(CCNC(=O)c3ccccc3F)n2n1. The molecule has 1 amide bonds. The van der Waals surface area contributed by atoms with Crippen molar-refractivity contribution in [3.05, 3.63) is 53.6 Å². The van der Waals surface area contributed by atoms with Crippen LogP contribution in [0.4, 0.5) is 10.2 Å². The van der Waals surface area contributed by atoms with Crippen molar-refractivity contribution in [2.75, 3.05) is 18.9 Å². The van der Waals surface area contributed by atoms with Gasteiger partial charge in [-0.1, -0.05) is 12.1 Å². The van der Waals surface area contributed by atoms with E-state index in [0.29, 0.717) is 30.3 Å². The van der Waals surface area contributed by atoms with Crippen molar-refractivity contribution in [1.82, 2.24) is 25.1 Å². The molecule has 3 aromatic rings. The molecule has 2 N–H and O–H groups in total. The van der Waals surface area contributed by atoms with Crippen LogP contribution in [0.5, 0.6) is 0 Å². The number of rotatable bonds is 5. The molecule has 0 aliphatic heterocycles. The number of benzene rings is 1. The van der Waals surface area contributed by atoms with Crippen LogP contribution in [0.1, 0.15) is 16.2 Å². The van der Waals surface area contributed by atoms with Gasteiger partial charge in [0.25, 0.3) is 5.91 Å². The average molecular weight is 314 g/mol. The first-order valence-electron chi connectivity index (χ1n) is 7.11. The van der Waals surface area contributed by atoms with E-state index in [9.17, 15) is 9.18 Å². The quantitative estimate of drug-likeness (QED) is 0.741. The van der Waals surface area contributed by atoms with Gasteiger partial charge in [-0.2, -0.15) is 4.52 Å². The van der Waals surface area contributed by atoms with Crippen LogP contribution in [0.15, 0.2) is 36.4 Å². The van der Waals surface area contributed by atoms with Gasteiger partial charge in [-0.05, 0) is 24.3 Å². The van der Waals surface area contributed by atoms with Crippen molar-refractivity contribution < 1.29 is 9.18 Å². The summed E-state index contributed by atoms with van der Waals surface area (Å²) in [4.78, 5) is 11.9. The van der Waals surface area contributed by atoms with Gasteiger partial charge in [0, 0.05) is 20.0 Å². The fourth-order valence-electron chi connectivity index (χ4n) is 2.15. The Balaban J connectivity index is 1.67. The first-order valence-corrected chi connectivity index (χ1v) is 7.11. The van der Waals surface area contributed by atoms with Crippen LogP contribution in [-0.4, -0.2) is 39.3 Å².